The van der Waals surface area contributed by atoms with Gasteiger partial charge in [0, 0.05) is 12.2 Å². The third-order valence-electron chi connectivity index (χ3n) is 4.67. The molecule has 0 saturated heterocycles. The lowest BCUT2D eigenvalue weighted by Crippen LogP contribution is -2.08. The fourth-order valence-corrected chi connectivity index (χ4v) is 2.72. The van der Waals surface area contributed by atoms with E-state index in [1.807, 2.05) is 0 Å². The molecule has 140 valence electrons. The van der Waals surface area contributed by atoms with Crippen LogP contribution < -0.4 is 0 Å². The molecule has 0 fully saturated rings. The van der Waals surface area contributed by atoms with Gasteiger partial charge in [-0.05, 0) is 37.5 Å². The summed E-state index contributed by atoms with van der Waals surface area (Å²) >= 11 is 0. The Morgan fingerprint density at radius 3 is 1.33 bits per heavy atom. The van der Waals surface area contributed by atoms with Gasteiger partial charge in [-0.1, -0.05) is 53.4 Å². The van der Waals surface area contributed by atoms with Crippen molar-refractivity contribution in [1.29, 1.82) is 0 Å². The fourth-order valence-electron chi connectivity index (χ4n) is 2.72. The van der Waals surface area contributed by atoms with Crippen LogP contribution in [0.1, 0.15) is 79.1 Å². The molecule has 0 rings (SSSR count). The van der Waals surface area contributed by atoms with Gasteiger partial charge in [-0.3, -0.25) is 0 Å². The van der Waals surface area contributed by atoms with Crippen molar-refractivity contribution in [1.82, 2.24) is 0 Å². The van der Waals surface area contributed by atoms with E-state index in [4.69, 9.17) is 9.47 Å². The van der Waals surface area contributed by atoms with Gasteiger partial charge in [0.1, 0.15) is 0 Å². The quantitative estimate of drug-likeness (QED) is 0.252. The SMILES string of the molecule is CCC(CC)CCCOC(=O)/C=C\C(=O)OCCCC(CC)CC. The lowest BCUT2D eigenvalue weighted by atomic mass is 9.98. The highest BCUT2D eigenvalue weighted by atomic mass is 16.5. The minimum Gasteiger partial charge on any atom is -0.463 e. The summed E-state index contributed by atoms with van der Waals surface area (Å²) in [4.78, 5) is 23.0. The summed E-state index contributed by atoms with van der Waals surface area (Å²) in [6, 6.07) is 0. The summed E-state index contributed by atoms with van der Waals surface area (Å²) in [7, 11) is 0. The van der Waals surface area contributed by atoms with Gasteiger partial charge in [-0.2, -0.15) is 0 Å². The van der Waals surface area contributed by atoms with Gasteiger partial charge in [0.15, 0.2) is 0 Å². The molecule has 0 saturated carbocycles. The molecule has 0 aromatic carbocycles. The van der Waals surface area contributed by atoms with Crippen LogP contribution in [0.2, 0.25) is 0 Å². The maximum atomic E-state index is 11.5. The Kier molecular flexibility index (Phi) is 14.4. The van der Waals surface area contributed by atoms with Crippen molar-refractivity contribution < 1.29 is 19.1 Å². The van der Waals surface area contributed by atoms with Gasteiger partial charge in [-0.15, -0.1) is 0 Å². The Morgan fingerprint density at radius 2 is 1.04 bits per heavy atom. The third-order valence-corrected chi connectivity index (χ3v) is 4.67. The van der Waals surface area contributed by atoms with Gasteiger partial charge in [0.05, 0.1) is 13.2 Å². The zero-order valence-electron chi connectivity index (χ0n) is 16.0. The Labute approximate surface area is 148 Å². The van der Waals surface area contributed by atoms with E-state index in [-0.39, 0.29) is 0 Å². The first-order chi connectivity index (χ1) is 11.6. The van der Waals surface area contributed by atoms with Gasteiger partial charge in [-0.25, -0.2) is 9.59 Å². The molecule has 0 atom stereocenters. The van der Waals surface area contributed by atoms with Crippen molar-refractivity contribution in [3.05, 3.63) is 12.2 Å². The van der Waals surface area contributed by atoms with Gasteiger partial charge < -0.3 is 9.47 Å². The number of esters is 2. The highest BCUT2D eigenvalue weighted by molar-refractivity contribution is 5.91. The molecule has 0 aliphatic heterocycles. The minimum atomic E-state index is -0.478. The highest BCUT2D eigenvalue weighted by Gasteiger charge is 2.06. The largest absolute Gasteiger partial charge is 0.463 e. The molecule has 0 amide bonds. The standard InChI is InChI=1S/C20H36O4/c1-5-17(6-2)11-9-15-23-19(21)13-14-20(22)24-16-10-12-18(7-3)8-4/h13-14,17-18H,5-12,15-16H2,1-4H3/b14-13-. The predicted molar refractivity (Wildman–Crippen MR) is 97.7 cm³/mol. The van der Waals surface area contributed by atoms with E-state index in [2.05, 4.69) is 27.7 Å². The highest BCUT2D eigenvalue weighted by Crippen LogP contribution is 2.15. The monoisotopic (exact) mass is 340 g/mol. The molecule has 0 aliphatic rings. The second-order valence-corrected chi connectivity index (χ2v) is 6.32. The van der Waals surface area contributed by atoms with E-state index < -0.39 is 11.9 Å². The van der Waals surface area contributed by atoms with Gasteiger partial charge >= 0.3 is 11.9 Å². The Balaban J connectivity index is 3.75. The number of carbonyl (C=O) groups is 2. The summed E-state index contributed by atoms with van der Waals surface area (Å²) in [6.07, 6.45) is 10.8. The first kappa shape index (κ1) is 22.7. The van der Waals surface area contributed by atoms with Crippen LogP contribution in [0, 0.1) is 11.8 Å². The van der Waals surface area contributed by atoms with Crippen molar-refractivity contribution in [3.8, 4) is 0 Å². The second-order valence-electron chi connectivity index (χ2n) is 6.32. The van der Waals surface area contributed by atoms with Crippen LogP contribution in [0.25, 0.3) is 0 Å². The van der Waals surface area contributed by atoms with E-state index in [1.54, 1.807) is 0 Å². The summed E-state index contributed by atoms with van der Waals surface area (Å²) in [6.45, 7) is 9.53. The van der Waals surface area contributed by atoms with Crippen molar-refractivity contribution in [3.63, 3.8) is 0 Å². The number of carbonyl (C=O) groups excluding carboxylic acids is 2. The Hall–Kier alpha value is -1.32. The predicted octanol–water partition coefficient (Wildman–Crippen LogP) is 5.06. The second kappa shape index (κ2) is 15.2. The van der Waals surface area contributed by atoms with Crippen LogP contribution in [-0.4, -0.2) is 25.2 Å². The first-order valence-electron chi connectivity index (χ1n) is 9.58. The average molecular weight is 341 g/mol. The smallest absolute Gasteiger partial charge is 0.331 e. The minimum absolute atomic E-state index is 0.407. The number of ether oxygens (including phenoxy) is 2. The van der Waals surface area contributed by atoms with Crippen LogP contribution in [0.3, 0.4) is 0 Å². The Bertz CT molecular complexity index is 321. The first-order valence-corrected chi connectivity index (χ1v) is 9.58. The summed E-state index contributed by atoms with van der Waals surface area (Å²) < 4.78 is 10.2. The van der Waals surface area contributed by atoms with Crippen molar-refractivity contribution in [2.75, 3.05) is 13.2 Å². The van der Waals surface area contributed by atoms with E-state index in [0.717, 1.165) is 63.5 Å². The maximum absolute atomic E-state index is 11.5. The molecule has 0 aliphatic carbocycles. The molecular weight excluding hydrogens is 304 g/mol. The molecule has 24 heavy (non-hydrogen) atoms. The normalized spacial score (nSPS) is 11.4. The Morgan fingerprint density at radius 1 is 0.708 bits per heavy atom. The van der Waals surface area contributed by atoms with Crippen molar-refractivity contribution >= 4 is 11.9 Å². The van der Waals surface area contributed by atoms with Crippen LogP contribution in [0.15, 0.2) is 12.2 Å². The summed E-state index contributed by atoms with van der Waals surface area (Å²) in [5, 5.41) is 0. The molecule has 0 bridgehead atoms. The third kappa shape index (κ3) is 12.1. The summed E-state index contributed by atoms with van der Waals surface area (Å²) in [5.41, 5.74) is 0. The molecule has 0 aromatic heterocycles. The topological polar surface area (TPSA) is 52.6 Å². The molecule has 0 aromatic rings. The van der Waals surface area contributed by atoms with E-state index in [9.17, 15) is 9.59 Å². The van der Waals surface area contributed by atoms with Crippen LogP contribution in [-0.2, 0) is 19.1 Å². The van der Waals surface area contributed by atoms with Gasteiger partial charge in [0.25, 0.3) is 0 Å². The lowest BCUT2D eigenvalue weighted by molar-refractivity contribution is -0.140. The number of hydrogen-bond acceptors (Lipinski definition) is 4. The van der Waals surface area contributed by atoms with E-state index in [0.29, 0.717) is 25.0 Å². The van der Waals surface area contributed by atoms with Crippen LogP contribution in [0.4, 0.5) is 0 Å². The zero-order valence-corrected chi connectivity index (χ0v) is 16.0. The summed E-state index contributed by atoms with van der Waals surface area (Å²) in [5.74, 6) is 0.450. The van der Waals surface area contributed by atoms with Crippen molar-refractivity contribution in [2.24, 2.45) is 11.8 Å². The molecule has 4 heteroatoms. The van der Waals surface area contributed by atoms with Gasteiger partial charge in [0.2, 0.25) is 0 Å². The van der Waals surface area contributed by atoms with Crippen LogP contribution >= 0.6 is 0 Å². The van der Waals surface area contributed by atoms with Crippen molar-refractivity contribution in [2.45, 2.75) is 79.1 Å². The lowest BCUT2D eigenvalue weighted by Gasteiger charge is -2.11. The average Bonchev–Trinajstić information content (AvgIpc) is 2.60. The maximum Gasteiger partial charge on any atom is 0.331 e. The van der Waals surface area contributed by atoms with E-state index >= 15 is 0 Å². The molecule has 0 unspecified atom stereocenters. The molecule has 0 spiro atoms. The molecular formula is C20H36O4. The molecule has 0 heterocycles. The molecule has 4 nitrogen and oxygen atoms in total. The number of hydrogen-bond donors (Lipinski definition) is 0. The zero-order chi connectivity index (χ0) is 18.2. The molecule has 0 radical (unpaired) electrons. The van der Waals surface area contributed by atoms with Crippen LogP contribution in [0.5, 0.6) is 0 Å². The molecule has 0 N–H and O–H groups in total. The van der Waals surface area contributed by atoms with E-state index in [1.165, 1.54) is 0 Å². The number of rotatable bonds is 14. The fraction of sp³-hybridized carbons (Fsp3) is 0.800.